The first kappa shape index (κ1) is 13.2. The Hall–Kier alpha value is -1.22. The lowest BCUT2D eigenvalue weighted by atomic mass is 10.0. The summed E-state index contributed by atoms with van der Waals surface area (Å²) in [6, 6.07) is 6.29. The van der Waals surface area contributed by atoms with Gasteiger partial charge in [-0.25, -0.2) is 0 Å². The van der Waals surface area contributed by atoms with Gasteiger partial charge in [-0.1, -0.05) is 12.8 Å². The molecular weight excluding hydrogens is 224 g/mol. The Morgan fingerprint density at radius 2 is 2.00 bits per heavy atom. The van der Waals surface area contributed by atoms with Crippen molar-refractivity contribution in [1.82, 2.24) is 0 Å². The van der Waals surface area contributed by atoms with Crippen molar-refractivity contribution < 1.29 is 5.11 Å². The highest BCUT2D eigenvalue weighted by Crippen LogP contribution is 2.28. The molecule has 0 saturated carbocycles. The molecule has 1 aromatic carbocycles. The summed E-state index contributed by atoms with van der Waals surface area (Å²) in [4.78, 5) is 2.48. The zero-order chi connectivity index (χ0) is 12.8. The number of nitrogens with zero attached hydrogens (tertiary/aromatic N) is 1. The van der Waals surface area contributed by atoms with E-state index in [0.717, 1.165) is 38.0 Å². The van der Waals surface area contributed by atoms with Gasteiger partial charge in [-0.2, -0.15) is 0 Å². The van der Waals surface area contributed by atoms with Crippen LogP contribution in [-0.2, 0) is 6.42 Å². The molecule has 1 aromatic rings. The van der Waals surface area contributed by atoms with Crippen LogP contribution < -0.4 is 10.6 Å². The Morgan fingerprint density at radius 3 is 2.83 bits per heavy atom. The van der Waals surface area contributed by atoms with Gasteiger partial charge in [-0.15, -0.1) is 0 Å². The summed E-state index contributed by atoms with van der Waals surface area (Å²) in [6.45, 7) is 2.62. The number of aryl methyl sites for hydroxylation is 1. The molecule has 1 aliphatic rings. The molecular formula is C15H24N2O. The largest absolute Gasteiger partial charge is 0.399 e. The van der Waals surface area contributed by atoms with Crippen molar-refractivity contribution >= 4 is 11.4 Å². The molecule has 18 heavy (non-hydrogen) atoms. The first-order chi connectivity index (χ1) is 8.81. The Kier molecular flexibility index (Phi) is 4.88. The predicted molar refractivity (Wildman–Crippen MR) is 76.9 cm³/mol. The fraction of sp³-hybridized carbons (Fsp3) is 0.600. The normalized spacial score (nSPS) is 14.6. The number of nitrogens with two attached hydrogens (primary N) is 1. The zero-order valence-corrected chi connectivity index (χ0v) is 11.1. The SMILES string of the molecule is Nc1ccc2c(c1)CCCN2CCCCCCO. The molecule has 2 rings (SSSR count). The smallest absolute Gasteiger partial charge is 0.0431 e. The molecule has 0 spiro atoms. The number of hydrogen-bond acceptors (Lipinski definition) is 3. The van der Waals surface area contributed by atoms with Crippen molar-refractivity contribution in [3.63, 3.8) is 0 Å². The van der Waals surface area contributed by atoms with Crippen LogP contribution in [0.1, 0.15) is 37.7 Å². The summed E-state index contributed by atoms with van der Waals surface area (Å²) in [5.74, 6) is 0. The number of anilines is 2. The van der Waals surface area contributed by atoms with Crippen LogP contribution in [0, 0.1) is 0 Å². The van der Waals surface area contributed by atoms with E-state index in [2.05, 4.69) is 17.0 Å². The molecule has 0 amide bonds. The van der Waals surface area contributed by atoms with Gasteiger partial charge in [-0.3, -0.25) is 0 Å². The van der Waals surface area contributed by atoms with Crippen molar-refractivity contribution in [2.75, 3.05) is 30.3 Å². The van der Waals surface area contributed by atoms with Gasteiger partial charge in [-0.05, 0) is 49.4 Å². The molecule has 0 aliphatic carbocycles. The molecule has 3 heteroatoms. The van der Waals surface area contributed by atoms with Gasteiger partial charge in [0.15, 0.2) is 0 Å². The fourth-order valence-corrected chi connectivity index (χ4v) is 2.70. The maximum Gasteiger partial charge on any atom is 0.0431 e. The van der Waals surface area contributed by atoms with Gasteiger partial charge in [0, 0.05) is 31.1 Å². The third-order valence-corrected chi connectivity index (χ3v) is 3.65. The standard InChI is InChI=1S/C15H24N2O/c16-14-7-8-15-13(12-14)6-5-10-17(15)9-3-1-2-4-11-18/h7-8,12,18H,1-6,9-11,16H2. The van der Waals surface area contributed by atoms with Gasteiger partial charge in [0.05, 0.1) is 0 Å². The third kappa shape index (κ3) is 3.39. The van der Waals surface area contributed by atoms with E-state index in [1.165, 1.54) is 30.5 Å². The molecule has 0 radical (unpaired) electrons. The summed E-state index contributed by atoms with van der Waals surface area (Å²) in [5.41, 5.74) is 9.49. The van der Waals surface area contributed by atoms with Gasteiger partial charge < -0.3 is 15.7 Å². The van der Waals surface area contributed by atoms with Crippen LogP contribution in [0.25, 0.3) is 0 Å². The first-order valence-corrected chi connectivity index (χ1v) is 7.05. The highest BCUT2D eigenvalue weighted by atomic mass is 16.2. The number of hydrogen-bond donors (Lipinski definition) is 2. The predicted octanol–water partition coefficient (Wildman–Crippen LogP) is 2.57. The Labute approximate surface area is 110 Å². The topological polar surface area (TPSA) is 49.5 Å². The van der Waals surface area contributed by atoms with E-state index in [0.29, 0.717) is 6.61 Å². The summed E-state index contributed by atoms with van der Waals surface area (Å²) < 4.78 is 0. The molecule has 0 saturated heterocycles. The summed E-state index contributed by atoms with van der Waals surface area (Å²) >= 11 is 0. The van der Waals surface area contributed by atoms with Gasteiger partial charge >= 0.3 is 0 Å². The quantitative estimate of drug-likeness (QED) is 0.601. The third-order valence-electron chi connectivity index (χ3n) is 3.65. The van der Waals surface area contributed by atoms with Crippen LogP contribution >= 0.6 is 0 Å². The average molecular weight is 248 g/mol. The molecule has 3 nitrogen and oxygen atoms in total. The van der Waals surface area contributed by atoms with Gasteiger partial charge in [0.25, 0.3) is 0 Å². The van der Waals surface area contributed by atoms with Crippen molar-refractivity contribution in [2.45, 2.75) is 38.5 Å². The van der Waals surface area contributed by atoms with Crippen LogP contribution in [0.3, 0.4) is 0 Å². The Morgan fingerprint density at radius 1 is 1.17 bits per heavy atom. The number of nitrogen functional groups attached to an aromatic ring is 1. The van der Waals surface area contributed by atoms with E-state index in [9.17, 15) is 0 Å². The average Bonchev–Trinajstić information content (AvgIpc) is 2.38. The Balaban J connectivity index is 1.88. The van der Waals surface area contributed by atoms with Crippen LogP contribution in [0.5, 0.6) is 0 Å². The number of aliphatic hydroxyl groups excluding tert-OH is 1. The van der Waals surface area contributed by atoms with Crippen LogP contribution in [0.4, 0.5) is 11.4 Å². The van der Waals surface area contributed by atoms with E-state index >= 15 is 0 Å². The summed E-state index contributed by atoms with van der Waals surface area (Å²) in [6.07, 6.45) is 6.88. The monoisotopic (exact) mass is 248 g/mol. The molecule has 0 bridgehead atoms. The number of unbranched alkanes of at least 4 members (excludes halogenated alkanes) is 3. The second-order valence-electron chi connectivity index (χ2n) is 5.12. The molecule has 0 atom stereocenters. The van der Waals surface area contributed by atoms with Crippen molar-refractivity contribution in [3.05, 3.63) is 23.8 Å². The maximum atomic E-state index is 8.75. The highest BCUT2D eigenvalue weighted by Gasteiger charge is 2.16. The second-order valence-corrected chi connectivity index (χ2v) is 5.12. The molecule has 1 heterocycles. The second kappa shape index (κ2) is 6.64. The van der Waals surface area contributed by atoms with Crippen molar-refractivity contribution in [1.29, 1.82) is 0 Å². The lowest BCUT2D eigenvalue weighted by Gasteiger charge is -2.31. The van der Waals surface area contributed by atoms with Crippen LogP contribution in [0.15, 0.2) is 18.2 Å². The molecule has 0 aromatic heterocycles. The summed E-state index contributed by atoms with van der Waals surface area (Å²) in [5, 5.41) is 8.75. The number of rotatable bonds is 6. The molecule has 100 valence electrons. The van der Waals surface area contributed by atoms with Crippen LogP contribution in [0.2, 0.25) is 0 Å². The molecule has 3 N–H and O–H groups in total. The highest BCUT2D eigenvalue weighted by molar-refractivity contribution is 5.61. The van der Waals surface area contributed by atoms with E-state index < -0.39 is 0 Å². The minimum Gasteiger partial charge on any atom is -0.399 e. The molecule has 1 aliphatic heterocycles. The minimum absolute atomic E-state index is 0.325. The summed E-state index contributed by atoms with van der Waals surface area (Å²) in [7, 11) is 0. The fourth-order valence-electron chi connectivity index (χ4n) is 2.70. The number of fused-ring (bicyclic) bond motifs is 1. The lowest BCUT2D eigenvalue weighted by Crippen LogP contribution is -2.30. The van der Waals surface area contributed by atoms with Crippen LogP contribution in [-0.4, -0.2) is 24.8 Å². The van der Waals surface area contributed by atoms with Crippen molar-refractivity contribution in [3.8, 4) is 0 Å². The van der Waals surface area contributed by atoms with Crippen molar-refractivity contribution in [2.24, 2.45) is 0 Å². The number of benzene rings is 1. The van der Waals surface area contributed by atoms with E-state index in [-0.39, 0.29) is 0 Å². The maximum absolute atomic E-state index is 8.75. The Bertz CT molecular complexity index is 379. The van der Waals surface area contributed by atoms with Gasteiger partial charge in [0.1, 0.15) is 0 Å². The number of aliphatic hydroxyl groups is 1. The zero-order valence-electron chi connectivity index (χ0n) is 11.1. The lowest BCUT2D eigenvalue weighted by molar-refractivity contribution is 0.282. The first-order valence-electron chi connectivity index (χ1n) is 7.05. The minimum atomic E-state index is 0.325. The van der Waals surface area contributed by atoms with E-state index in [1.807, 2.05) is 6.07 Å². The van der Waals surface area contributed by atoms with Gasteiger partial charge in [0.2, 0.25) is 0 Å². The molecule has 0 unspecified atom stereocenters. The van der Waals surface area contributed by atoms with E-state index in [1.54, 1.807) is 0 Å². The molecule has 0 fully saturated rings. The van der Waals surface area contributed by atoms with E-state index in [4.69, 9.17) is 10.8 Å².